The molecular formula is C21H26N2OS. The minimum absolute atomic E-state index is 0.254. The van der Waals surface area contributed by atoms with Crippen molar-refractivity contribution in [2.24, 2.45) is 0 Å². The largest absolute Gasteiger partial charge is 0.332 e. The van der Waals surface area contributed by atoms with Crippen LogP contribution in [0, 0.1) is 0 Å². The zero-order valence-corrected chi connectivity index (χ0v) is 15.9. The molecular weight excluding hydrogens is 328 g/mol. The van der Waals surface area contributed by atoms with Gasteiger partial charge in [-0.2, -0.15) is 0 Å². The lowest BCUT2D eigenvalue weighted by atomic mass is 9.86. The zero-order valence-electron chi connectivity index (χ0n) is 15.1. The van der Waals surface area contributed by atoms with Gasteiger partial charge in [0.25, 0.3) is 0 Å². The van der Waals surface area contributed by atoms with Gasteiger partial charge in [0.15, 0.2) is 0 Å². The third-order valence-corrected chi connectivity index (χ3v) is 6.49. The van der Waals surface area contributed by atoms with Gasteiger partial charge in [-0.3, -0.25) is 4.79 Å². The van der Waals surface area contributed by atoms with Gasteiger partial charge in [-0.25, -0.2) is 4.98 Å². The summed E-state index contributed by atoms with van der Waals surface area (Å²) in [4.78, 5) is 20.0. The van der Waals surface area contributed by atoms with Crippen LogP contribution in [-0.4, -0.2) is 21.8 Å². The summed E-state index contributed by atoms with van der Waals surface area (Å²) < 4.78 is 0. The topological polar surface area (TPSA) is 33.2 Å². The Bertz CT molecular complexity index is 763. The van der Waals surface area contributed by atoms with E-state index in [0.29, 0.717) is 18.4 Å². The van der Waals surface area contributed by atoms with Gasteiger partial charge < -0.3 is 4.90 Å². The fourth-order valence-electron chi connectivity index (χ4n) is 3.92. The number of carbonyl (C=O) groups is 1. The number of thiazole rings is 1. The standard InChI is InChI=1S/C21H26N2OS/c1-14(2)21-22-16(13-25-21)12-20(24)23(17-10-11-17)19-9-5-7-15-6-3-4-8-18(15)19/h3-4,6,8,13-14,17,19H,5,7,9-12H2,1-2H3. The fraction of sp³-hybridized carbons (Fsp3) is 0.524. The molecule has 1 atom stereocenters. The molecule has 0 radical (unpaired) electrons. The van der Waals surface area contributed by atoms with Gasteiger partial charge in [-0.15, -0.1) is 11.3 Å². The molecule has 0 spiro atoms. The lowest BCUT2D eigenvalue weighted by Gasteiger charge is -2.36. The molecule has 4 rings (SSSR count). The maximum Gasteiger partial charge on any atom is 0.229 e. The first-order valence-corrected chi connectivity index (χ1v) is 10.3. The number of aromatic nitrogens is 1. The Morgan fingerprint density at radius 1 is 1.28 bits per heavy atom. The number of hydrogen-bond acceptors (Lipinski definition) is 3. The van der Waals surface area contributed by atoms with Crippen molar-refractivity contribution in [1.29, 1.82) is 0 Å². The number of rotatable bonds is 5. The van der Waals surface area contributed by atoms with Crippen molar-refractivity contribution in [3.05, 3.63) is 51.5 Å². The molecule has 0 N–H and O–H groups in total. The highest BCUT2D eigenvalue weighted by molar-refractivity contribution is 7.09. The second-order valence-electron chi connectivity index (χ2n) is 7.65. The average Bonchev–Trinajstić information content (AvgIpc) is 3.32. The Labute approximate surface area is 154 Å². The van der Waals surface area contributed by atoms with Crippen LogP contribution in [0.1, 0.15) is 73.3 Å². The summed E-state index contributed by atoms with van der Waals surface area (Å²) in [6.07, 6.45) is 6.15. The van der Waals surface area contributed by atoms with Crippen LogP contribution in [0.2, 0.25) is 0 Å². The highest BCUT2D eigenvalue weighted by Gasteiger charge is 2.39. The first kappa shape index (κ1) is 16.8. The third kappa shape index (κ3) is 3.50. The van der Waals surface area contributed by atoms with Gasteiger partial charge in [0.2, 0.25) is 5.91 Å². The molecule has 132 valence electrons. The molecule has 2 aliphatic rings. The monoisotopic (exact) mass is 354 g/mol. The second kappa shape index (κ2) is 6.91. The van der Waals surface area contributed by atoms with E-state index >= 15 is 0 Å². The van der Waals surface area contributed by atoms with Crippen molar-refractivity contribution >= 4 is 17.2 Å². The molecule has 1 heterocycles. The van der Waals surface area contributed by atoms with Crippen LogP contribution in [0.4, 0.5) is 0 Å². The number of nitrogens with zero attached hydrogens (tertiary/aromatic N) is 2. The summed E-state index contributed by atoms with van der Waals surface area (Å²) in [7, 11) is 0. The van der Waals surface area contributed by atoms with Gasteiger partial charge in [-0.05, 0) is 43.2 Å². The molecule has 1 aromatic heterocycles. The number of amides is 1. The summed E-state index contributed by atoms with van der Waals surface area (Å²) >= 11 is 1.68. The molecule has 3 nitrogen and oxygen atoms in total. The quantitative estimate of drug-likeness (QED) is 0.767. The smallest absolute Gasteiger partial charge is 0.229 e. The van der Waals surface area contributed by atoms with Crippen LogP contribution >= 0.6 is 11.3 Å². The van der Waals surface area contributed by atoms with E-state index in [1.807, 2.05) is 0 Å². The van der Waals surface area contributed by atoms with Crippen LogP contribution in [0.15, 0.2) is 29.6 Å². The van der Waals surface area contributed by atoms with Crippen LogP contribution < -0.4 is 0 Å². The SMILES string of the molecule is CC(C)c1nc(CC(=O)N(C2CC2)C2CCCc3ccccc32)cs1. The summed E-state index contributed by atoms with van der Waals surface area (Å²) in [6.45, 7) is 4.31. The first-order valence-electron chi connectivity index (χ1n) is 9.46. The molecule has 1 saturated carbocycles. The molecule has 2 aromatic rings. The van der Waals surface area contributed by atoms with E-state index in [1.165, 1.54) is 17.5 Å². The first-order chi connectivity index (χ1) is 12.1. The van der Waals surface area contributed by atoms with E-state index in [9.17, 15) is 4.79 Å². The second-order valence-corrected chi connectivity index (χ2v) is 8.54. The fourth-order valence-corrected chi connectivity index (χ4v) is 4.75. The molecule has 2 aliphatic carbocycles. The zero-order chi connectivity index (χ0) is 17.4. The summed E-state index contributed by atoms with van der Waals surface area (Å²) in [5, 5.41) is 3.19. The molecule has 25 heavy (non-hydrogen) atoms. The normalized spacial score (nSPS) is 19.7. The third-order valence-electron chi connectivity index (χ3n) is 5.30. The maximum atomic E-state index is 13.2. The molecule has 0 bridgehead atoms. The van der Waals surface area contributed by atoms with Crippen molar-refractivity contribution in [2.45, 2.75) is 70.4 Å². The van der Waals surface area contributed by atoms with E-state index in [0.717, 1.165) is 36.4 Å². The Morgan fingerprint density at radius 2 is 2.08 bits per heavy atom. The average molecular weight is 355 g/mol. The molecule has 0 aliphatic heterocycles. The van der Waals surface area contributed by atoms with Gasteiger partial charge in [0.1, 0.15) is 0 Å². The molecule has 1 aromatic carbocycles. The molecule has 4 heteroatoms. The van der Waals surface area contributed by atoms with Gasteiger partial charge >= 0.3 is 0 Å². The van der Waals surface area contributed by atoms with Crippen molar-refractivity contribution in [3.63, 3.8) is 0 Å². The lowest BCUT2D eigenvalue weighted by molar-refractivity contribution is -0.134. The van der Waals surface area contributed by atoms with Crippen molar-refractivity contribution in [1.82, 2.24) is 9.88 Å². The van der Waals surface area contributed by atoms with Crippen LogP contribution in [-0.2, 0) is 17.6 Å². The number of fused-ring (bicyclic) bond motifs is 1. The number of aryl methyl sites for hydroxylation is 1. The highest BCUT2D eigenvalue weighted by atomic mass is 32.1. The minimum atomic E-state index is 0.254. The van der Waals surface area contributed by atoms with Crippen molar-refractivity contribution < 1.29 is 4.79 Å². The van der Waals surface area contributed by atoms with E-state index in [2.05, 4.69) is 53.4 Å². The molecule has 1 fully saturated rings. The van der Waals surface area contributed by atoms with Crippen LogP contribution in [0.3, 0.4) is 0 Å². The van der Waals surface area contributed by atoms with E-state index in [-0.39, 0.29) is 11.9 Å². The van der Waals surface area contributed by atoms with E-state index < -0.39 is 0 Å². The number of benzene rings is 1. The minimum Gasteiger partial charge on any atom is -0.332 e. The van der Waals surface area contributed by atoms with E-state index in [1.54, 1.807) is 11.3 Å². The van der Waals surface area contributed by atoms with Crippen molar-refractivity contribution in [2.75, 3.05) is 0 Å². The Kier molecular flexibility index (Phi) is 4.63. The van der Waals surface area contributed by atoms with Crippen molar-refractivity contribution in [3.8, 4) is 0 Å². The summed E-state index contributed by atoms with van der Waals surface area (Å²) in [5.41, 5.74) is 3.73. The predicted molar refractivity (Wildman–Crippen MR) is 102 cm³/mol. The maximum absolute atomic E-state index is 13.2. The molecule has 0 saturated heterocycles. The lowest BCUT2D eigenvalue weighted by Crippen LogP contribution is -2.39. The Hall–Kier alpha value is -1.68. The van der Waals surface area contributed by atoms with Crippen LogP contribution in [0.25, 0.3) is 0 Å². The number of hydrogen-bond donors (Lipinski definition) is 0. The molecule has 1 unspecified atom stereocenters. The number of carbonyl (C=O) groups excluding carboxylic acids is 1. The van der Waals surface area contributed by atoms with E-state index in [4.69, 9.17) is 0 Å². The van der Waals surface area contributed by atoms with Crippen LogP contribution in [0.5, 0.6) is 0 Å². The highest BCUT2D eigenvalue weighted by Crippen LogP contribution is 2.41. The Balaban J connectivity index is 1.56. The predicted octanol–water partition coefficient (Wildman–Crippen LogP) is 4.88. The summed E-state index contributed by atoms with van der Waals surface area (Å²) in [5.74, 6) is 0.684. The Morgan fingerprint density at radius 3 is 2.80 bits per heavy atom. The summed E-state index contributed by atoms with van der Waals surface area (Å²) in [6, 6.07) is 9.38. The molecule has 1 amide bonds. The van der Waals surface area contributed by atoms with Gasteiger partial charge in [0, 0.05) is 17.3 Å². The van der Waals surface area contributed by atoms with Gasteiger partial charge in [0.05, 0.1) is 23.2 Å². The van der Waals surface area contributed by atoms with Gasteiger partial charge in [-0.1, -0.05) is 38.1 Å².